The van der Waals surface area contributed by atoms with Crippen molar-refractivity contribution >= 4 is 36.1 Å². The first-order chi connectivity index (χ1) is 21.1. The molecular weight excluding hydrogens is 547 g/mol. The Labute approximate surface area is 252 Å². The molecule has 0 fully saturated rings. The van der Waals surface area contributed by atoms with Crippen LogP contribution in [0.3, 0.4) is 0 Å². The van der Waals surface area contributed by atoms with E-state index in [1.807, 2.05) is 95.8 Å². The van der Waals surface area contributed by atoms with Gasteiger partial charge in [-0.15, -0.1) is 0 Å². The molecule has 0 aliphatic carbocycles. The standard InChI is InChI=1S/C36H31N5OSi/c1-28-22-24-29(25-23-28)35-30(27-41(40-35)31-14-6-2-7-15-31)26-38-39-36(37)42-43(32-16-8-3-9-17-32,33-18-10-4-11-19-33)34-20-12-5-13-21-34/h2-27H,1H3,(H2,37,39)/b38-26+. The minimum atomic E-state index is -3.07. The summed E-state index contributed by atoms with van der Waals surface area (Å²) in [5.74, 6) is 0. The van der Waals surface area contributed by atoms with E-state index in [9.17, 15) is 0 Å². The van der Waals surface area contributed by atoms with E-state index >= 15 is 0 Å². The predicted molar refractivity (Wildman–Crippen MR) is 178 cm³/mol. The molecule has 0 radical (unpaired) electrons. The van der Waals surface area contributed by atoms with Crippen molar-refractivity contribution in [2.45, 2.75) is 6.92 Å². The lowest BCUT2D eigenvalue weighted by molar-refractivity contribution is 0.559. The molecule has 0 bridgehead atoms. The van der Waals surface area contributed by atoms with Crippen molar-refractivity contribution in [3.05, 3.63) is 163 Å². The lowest BCUT2D eigenvalue weighted by atomic mass is 10.1. The second-order valence-electron chi connectivity index (χ2n) is 10.1. The van der Waals surface area contributed by atoms with Crippen LogP contribution in [-0.2, 0) is 4.43 Å². The number of benzene rings is 5. The van der Waals surface area contributed by atoms with Crippen LogP contribution in [0.4, 0.5) is 0 Å². The van der Waals surface area contributed by atoms with Gasteiger partial charge in [-0.05, 0) is 34.6 Å². The molecule has 2 N–H and O–H groups in total. The van der Waals surface area contributed by atoms with Crippen LogP contribution in [0.5, 0.6) is 0 Å². The highest BCUT2D eigenvalue weighted by Gasteiger charge is 2.44. The summed E-state index contributed by atoms with van der Waals surface area (Å²) in [6.45, 7) is 2.07. The Hall–Kier alpha value is -5.53. The van der Waals surface area contributed by atoms with Gasteiger partial charge in [0.2, 0.25) is 0 Å². The summed E-state index contributed by atoms with van der Waals surface area (Å²) in [5, 5.41) is 16.8. The van der Waals surface area contributed by atoms with Crippen LogP contribution >= 0.6 is 0 Å². The van der Waals surface area contributed by atoms with Crippen molar-refractivity contribution < 1.29 is 4.43 Å². The van der Waals surface area contributed by atoms with E-state index in [0.29, 0.717) is 0 Å². The smallest absolute Gasteiger partial charge is 0.350 e. The number of hydrogen-bond acceptors (Lipinski definition) is 4. The summed E-state index contributed by atoms with van der Waals surface area (Å²) in [6, 6.07) is 48.9. The van der Waals surface area contributed by atoms with Crippen molar-refractivity contribution in [2.75, 3.05) is 0 Å². The van der Waals surface area contributed by atoms with Gasteiger partial charge in [-0.3, -0.25) is 0 Å². The van der Waals surface area contributed by atoms with E-state index in [1.165, 1.54) is 5.56 Å². The number of hydrogen-bond donors (Lipinski definition) is 1. The number of para-hydroxylation sites is 1. The van der Waals surface area contributed by atoms with Crippen molar-refractivity contribution in [1.29, 1.82) is 0 Å². The first-order valence-electron chi connectivity index (χ1n) is 14.1. The maximum absolute atomic E-state index is 6.77. The summed E-state index contributed by atoms with van der Waals surface area (Å²) in [6.07, 6.45) is 3.62. The summed E-state index contributed by atoms with van der Waals surface area (Å²) in [4.78, 5) is 0. The van der Waals surface area contributed by atoms with E-state index < -0.39 is 8.32 Å². The minimum Gasteiger partial charge on any atom is -0.504 e. The molecular formula is C36H31N5OSi. The number of aromatic nitrogens is 2. The van der Waals surface area contributed by atoms with E-state index in [1.54, 1.807) is 6.21 Å². The van der Waals surface area contributed by atoms with Gasteiger partial charge < -0.3 is 10.2 Å². The lowest BCUT2D eigenvalue weighted by Crippen LogP contribution is -2.70. The summed E-state index contributed by atoms with van der Waals surface area (Å²) >= 11 is 0. The zero-order chi connectivity index (χ0) is 29.5. The average Bonchev–Trinajstić information content (AvgIpc) is 3.50. The second kappa shape index (κ2) is 12.5. The van der Waals surface area contributed by atoms with Crippen LogP contribution in [0, 0.1) is 6.92 Å². The van der Waals surface area contributed by atoms with Crippen LogP contribution in [-0.4, -0.2) is 30.3 Å². The minimum absolute atomic E-state index is 0.00758. The predicted octanol–water partition coefficient (Wildman–Crippen LogP) is 5.18. The van der Waals surface area contributed by atoms with Gasteiger partial charge in [0.25, 0.3) is 6.02 Å². The van der Waals surface area contributed by atoms with Crippen LogP contribution in [0.15, 0.2) is 162 Å². The topological polar surface area (TPSA) is 77.8 Å². The van der Waals surface area contributed by atoms with Crippen molar-refractivity contribution in [3.63, 3.8) is 0 Å². The molecule has 0 saturated heterocycles. The fourth-order valence-corrected chi connectivity index (χ4v) is 8.84. The number of amidine groups is 1. The van der Waals surface area contributed by atoms with Crippen LogP contribution < -0.4 is 21.3 Å². The van der Waals surface area contributed by atoms with E-state index in [-0.39, 0.29) is 6.02 Å². The highest BCUT2D eigenvalue weighted by Crippen LogP contribution is 2.23. The number of aryl methyl sites for hydroxylation is 1. The third kappa shape index (κ3) is 5.93. The molecule has 5 aromatic carbocycles. The fraction of sp³-hybridized carbons (Fsp3) is 0.0278. The molecule has 0 saturated carbocycles. The summed E-state index contributed by atoms with van der Waals surface area (Å²) in [5.41, 5.74) is 11.2. The van der Waals surface area contributed by atoms with Gasteiger partial charge in [-0.25, -0.2) is 4.68 Å². The number of nitrogens with zero attached hydrogens (tertiary/aromatic N) is 4. The molecule has 7 heteroatoms. The van der Waals surface area contributed by atoms with E-state index in [4.69, 9.17) is 15.3 Å². The van der Waals surface area contributed by atoms with Gasteiger partial charge in [-0.1, -0.05) is 144 Å². The first kappa shape index (κ1) is 27.6. The van der Waals surface area contributed by atoms with Gasteiger partial charge >= 0.3 is 8.32 Å². The molecule has 6 rings (SSSR count). The fourth-order valence-electron chi connectivity index (χ4n) is 5.15. The molecule has 0 unspecified atom stereocenters. The maximum atomic E-state index is 6.77. The van der Waals surface area contributed by atoms with Crippen molar-refractivity contribution in [1.82, 2.24) is 9.78 Å². The molecule has 6 aromatic rings. The lowest BCUT2D eigenvalue weighted by Gasteiger charge is -2.32. The number of rotatable bonds is 8. The van der Waals surface area contributed by atoms with E-state index in [2.05, 4.69) is 77.8 Å². The molecule has 0 spiro atoms. The normalized spacial score (nSPS) is 12.0. The molecule has 210 valence electrons. The number of nitrogens with two attached hydrogens (primary N) is 1. The molecule has 6 nitrogen and oxygen atoms in total. The zero-order valence-electron chi connectivity index (χ0n) is 23.8. The quantitative estimate of drug-likeness (QED) is 0.0891. The Balaban J connectivity index is 1.39. The first-order valence-corrected chi connectivity index (χ1v) is 16.0. The Morgan fingerprint density at radius 2 is 1.19 bits per heavy atom. The summed E-state index contributed by atoms with van der Waals surface area (Å²) in [7, 11) is -3.07. The van der Waals surface area contributed by atoms with E-state index in [0.717, 1.165) is 38.1 Å². The summed E-state index contributed by atoms with van der Waals surface area (Å²) < 4.78 is 8.61. The van der Waals surface area contributed by atoms with Crippen LogP contribution in [0.2, 0.25) is 0 Å². The molecule has 43 heavy (non-hydrogen) atoms. The van der Waals surface area contributed by atoms with Crippen molar-refractivity contribution in [2.24, 2.45) is 15.9 Å². The third-order valence-electron chi connectivity index (χ3n) is 7.24. The van der Waals surface area contributed by atoms with Gasteiger partial charge in [0.15, 0.2) is 0 Å². The highest BCUT2D eigenvalue weighted by molar-refractivity contribution is 7.07. The Bertz CT molecular complexity index is 1740. The van der Waals surface area contributed by atoms with Gasteiger partial charge in [0.1, 0.15) is 5.69 Å². The maximum Gasteiger partial charge on any atom is 0.350 e. The van der Waals surface area contributed by atoms with Gasteiger partial charge in [0, 0.05) is 17.3 Å². The largest absolute Gasteiger partial charge is 0.504 e. The molecule has 0 aliphatic rings. The SMILES string of the molecule is Cc1ccc(-c2nn(-c3ccccc3)cc2/C=N/N=C(/N)O[Si](c2ccccc2)(c2ccccc2)c2ccccc2)cc1. The molecule has 0 aliphatic heterocycles. The molecule has 1 heterocycles. The Kier molecular flexibility index (Phi) is 8.06. The third-order valence-corrected chi connectivity index (χ3v) is 11.2. The van der Waals surface area contributed by atoms with Crippen LogP contribution in [0.1, 0.15) is 11.1 Å². The average molecular weight is 578 g/mol. The molecule has 1 aromatic heterocycles. The van der Waals surface area contributed by atoms with Gasteiger partial charge in [-0.2, -0.15) is 10.2 Å². The highest BCUT2D eigenvalue weighted by atomic mass is 28.4. The van der Waals surface area contributed by atoms with Crippen molar-refractivity contribution in [3.8, 4) is 16.9 Å². The molecule has 0 amide bonds. The Morgan fingerprint density at radius 3 is 1.70 bits per heavy atom. The molecule has 0 atom stereocenters. The zero-order valence-corrected chi connectivity index (χ0v) is 24.8. The van der Waals surface area contributed by atoms with Crippen LogP contribution in [0.25, 0.3) is 16.9 Å². The monoisotopic (exact) mass is 577 g/mol. The second-order valence-corrected chi connectivity index (χ2v) is 13.4. The Morgan fingerprint density at radius 1 is 0.698 bits per heavy atom. The van der Waals surface area contributed by atoms with Gasteiger partial charge in [0.05, 0.1) is 11.9 Å².